The molecule has 3 aromatic rings. The van der Waals surface area contributed by atoms with E-state index in [0.717, 1.165) is 5.39 Å². The van der Waals surface area contributed by atoms with Crippen molar-refractivity contribution < 1.29 is 33.0 Å². The van der Waals surface area contributed by atoms with E-state index in [2.05, 4.69) is 5.32 Å². The minimum atomic E-state index is -0.581. The molecule has 1 aromatic heterocycles. The van der Waals surface area contributed by atoms with Gasteiger partial charge in [0.25, 0.3) is 5.91 Å². The monoisotopic (exact) mass is 411 g/mol. The van der Waals surface area contributed by atoms with Gasteiger partial charge in [-0.25, -0.2) is 4.79 Å². The zero-order valence-corrected chi connectivity index (χ0v) is 16.6. The number of esters is 2. The molecule has 0 saturated carbocycles. The van der Waals surface area contributed by atoms with E-state index in [1.165, 1.54) is 6.26 Å². The van der Waals surface area contributed by atoms with Crippen LogP contribution in [0.5, 0.6) is 5.75 Å². The average Bonchev–Trinajstić information content (AvgIpc) is 3.14. The third-order valence-electron chi connectivity index (χ3n) is 4.26. The topological polar surface area (TPSA) is 104 Å². The first-order valence-corrected chi connectivity index (χ1v) is 9.27. The van der Waals surface area contributed by atoms with Crippen LogP contribution in [0.2, 0.25) is 0 Å². The van der Waals surface area contributed by atoms with Gasteiger partial charge in [-0.3, -0.25) is 9.59 Å². The van der Waals surface area contributed by atoms with Gasteiger partial charge in [0.1, 0.15) is 11.3 Å². The molecule has 0 spiro atoms. The maximum atomic E-state index is 12.2. The molecule has 0 saturated heterocycles. The van der Waals surface area contributed by atoms with Crippen molar-refractivity contribution in [3.05, 3.63) is 59.9 Å². The molecule has 0 bridgehead atoms. The summed E-state index contributed by atoms with van der Waals surface area (Å²) in [5.41, 5.74) is 1.74. The number of nitrogens with one attached hydrogen (secondary N) is 1. The second kappa shape index (κ2) is 9.60. The maximum Gasteiger partial charge on any atom is 0.340 e. The highest BCUT2D eigenvalue weighted by Crippen LogP contribution is 2.26. The molecule has 0 fully saturated rings. The average molecular weight is 411 g/mol. The summed E-state index contributed by atoms with van der Waals surface area (Å²) in [6.45, 7) is 1.42. The Morgan fingerprint density at radius 2 is 1.87 bits per heavy atom. The van der Waals surface area contributed by atoms with Gasteiger partial charge in [0.2, 0.25) is 0 Å². The number of rotatable bonds is 8. The highest BCUT2D eigenvalue weighted by molar-refractivity contribution is 6.02. The number of hydrogen-bond donors (Lipinski definition) is 1. The van der Waals surface area contributed by atoms with Crippen LogP contribution >= 0.6 is 0 Å². The van der Waals surface area contributed by atoms with Crippen molar-refractivity contribution in [1.82, 2.24) is 0 Å². The van der Waals surface area contributed by atoms with Crippen LogP contribution in [0.4, 0.5) is 5.69 Å². The van der Waals surface area contributed by atoms with Gasteiger partial charge < -0.3 is 23.9 Å². The molecule has 0 aliphatic carbocycles. The number of amides is 1. The third-order valence-corrected chi connectivity index (χ3v) is 4.26. The fourth-order valence-electron chi connectivity index (χ4n) is 2.85. The molecular weight excluding hydrogens is 390 g/mol. The highest BCUT2D eigenvalue weighted by atomic mass is 16.5. The Morgan fingerprint density at radius 3 is 2.63 bits per heavy atom. The summed E-state index contributed by atoms with van der Waals surface area (Å²) in [5.74, 6) is -1.05. The van der Waals surface area contributed by atoms with Gasteiger partial charge in [0.15, 0.2) is 6.61 Å². The van der Waals surface area contributed by atoms with Gasteiger partial charge in [-0.2, -0.15) is 0 Å². The van der Waals surface area contributed by atoms with Crippen LogP contribution in [0.3, 0.4) is 0 Å². The molecule has 8 heteroatoms. The summed E-state index contributed by atoms with van der Waals surface area (Å²) >= 11 is 0. The summed E-state index contributed by atoms with van der Waals surface area (Å²) in [6.07, 6.45) is 1.42. The van der Waals surface area contributed by atoms with Crippen molar-refractivity contribution in [1.29, 1.82) is 0 Å². The lowest BCUT2D eigenvalue weighted by atomic mass is 10.1. The Balaban J connectivity index is 1.57. The lowest BCUT2D eigenvalue weighted by Crippen LogP contribution is -2.23. The summed E-state index contributed by atoms with van der Waals surface area (Å²) in [6, 6.07) is 11.7. The maximum absolute atomic E-state index is 12.2. The van der Waals surface area contributed by atoms with Gasteiger partial charge in [-0.15, -0.1) is 0 Å². The van der Waals surface area contributed by atoms with Crippen molar-refractivity contribution in [3.8, 4) is 5.75 Å². The van der Waals surface area contributed by atoms with Crippen LogP contribution in [0, 0.1) is 0 Å². The molecule has 1 amide bonds. The van der Waals surface area contributed by atoms with E-state index in [1.54, 1.807) is 56.5 Å². The van der Waals surface area contributed by atoms with Crippen molar-refractivity contribution in [3.63, 3.8) is 0 Å². The fraction of sp³-hybridized carbons (Fsp3) is 0.227. The van der Waals surface area contributed by atoms with E-state index in [9.17, 15) is 14.4 Å². The molecule has 0 radical (unpaired) electrons. The lowest BCUT2D eigenvalue weighted by molar-refractivity contribution is -0.146. The van der Waals surface area contributed by atoms with Gasteiger partial charge in [-0.1, -0.05) is 12.1 Å². The van der Waals surface area contributed by atoms with E-state index in [-0.39, 0.29) is 24.3 Å². The number of methoxy groups -OCH3 is 1. The summed E-state index contributed by atoms with van der Waals surface area (Å²) in [4.78, 5) is 36.3. The van der Waals surface area contributed by atoms with Crippen LogP contribution in [0.15, 0.2) is 53.1 Å². The van der Waals surface area contributed by atoms with E-state index < -0.39 is 24.5 Å². The van der Waals surface area contributed by atoms with Crippen LogP contribution in [0.1, 0.15) is 22.8 Å². The van der Waals surface area contributed by atoms with E-state index in [0.29, 0.717) is 16.9 Å². The molecule has 1 N–H and O–H groups in total. The van der Waals surface area contributed by atoms with E-state index in [4.69, 9.17) is 18.6 Å². The quantitative estimate of drug-likeness (QED) is 0.567. The molecule has 0 aliphatic rings. The molecule has 156 valence electrons. The molecule has 2 aromatic carbocycles. The van der Waals surface area contributed by atoms with Crippen molar-refractivity contribution >= 4 is 34.5 Å². The molecule has 3 rings (SSSR count). The number of anilines is 1. The van der Waals surface area contributed by atoms with Gasteiger partial charge in [0.05, 0.1) is 37.7 Å². The minimum absolute atomic E-state index is 0.0496. The Bertz CT molecular complexity index is 1070. The molecule has 1 heterocycles. The van der Waals surface area contributed by atoms with Crippen LogP contribution in [0.25, 0.3) is 11.0 Å². The zero-order chi connectivity index (χ0) is 21.5. The zero-order valence-electron chi connectivity index (χ0n) is 16.6. The number of ether oxygens (including phenoxy) is 3. The number of hydrogen-bond acceptors (Lipinski definition) is 7. The summed E-state index contributed by atoms with van der Waals surface area (Å²) in [7, 11) is 1.55. The molecular formula is C22H21NO7. The van der Waals surface area contributed by atoms with Crippen molar-refractivity contribution in [2.75, 3.05) is 25.6 Å². The number of furan rings is 1. The molecule has 0 atom stereocenters. The van der Waals surface area contributed by atoms with Gasteiger partial charge in [-0.05, 0) is 31.2 Å². The first-order valence-electron chi connectivity index (χ1n) is 9.27. The van der Waals surface area contributed by atoms with Crippen molar-refractivity contribution in [2.24, 2.45) is 0 Å². The Labute approximate surface area is 172 Å². The van der Waals surface area contributed by atoms with Gasteiger partial charge in [0, 0.05) is 17.0 Å². The number of para-hydroxylation sites is 1. The summed E-state index contributed by atoms with van der Waals surface area (Å²) < 4.78 is 20.6. The standard InChI is InChI=1S/C22H21NO7/c1-3-28-22(26)17-6-4-5-7-18(17)23-20(24)13-30-21(25)10-14-12-29-19-11-15(27-2)8-9-16(14)19/h4-9,11-12H,3,10,13H2,1-2H3,(H,23,24). The van der Waals surface area contributed by atoms with Crippen LogP contribution < -0.4 is 10.1 Å². The smallest absolute Gasteiger partial charge is 0.340 e. The van der Waals surface area contributed by atoms with Crippen molar-refractivity contribution in [2.45, 2.75) is 13.3 Å². The third kappa shape index (κ3) is 4.96. The first-order chi connectivity index (χ1) is 14.5. The Hall–Kier alpha value is -3.81. The fourth-order valence-corrected chi connectivity index (χ4v) is 2.85. The molecule has 0 aliphatic heterocycles. The van der Waals surface area contributed by atoms with Gasteiger partial charge >= 0.3 is 11.9 Å². The second-order valence-electron chi connectivity index (χ2n) is 6.27. The summed E-state index contributed by atoms with van der Waals surface area (Å²) in [5, 5.41) is 3.32. The Kier molecular flexibility index (Phi) is 6.69. The molecule has 0 unspecified atom stereocenters. The molecule has 30 heavy (non-hydrogen) atoms. The minimum Gasteiger partial charge on any atom is -0.497 e. The number of carbonyl (C=O) groups excluding carboxylic acids is 3. The van der Waals surface area contributed by atoms with E-state index in [1.807, 2.05) is 0 Å². The lowest BCUT2D eigenvalue weighted by Gasteiger charge is -2.10. The Morgan fingerprint density at radius 1 is 1.07 bits per heavy atom. The largest absolute Gasteiger partial charge is 0.497 e. The molecule has 8 nitrogen and oxygen atoms in total. The van der Waals surface area contributed by atoms with E-state index >= 15 is 0 Å². The predicted molar refractivity (Wildman–Crippen MR) is 108 cm³/mol. The van der Waals surface area contributed by atoms with Crippen LogP contribution in [-0.4, -0.2) is 38.2 Å². The normalized spacial score (nSPS) is 10.5. The number of benzene rings is 2. The predicted octanol–water partition coefficient (Wildman–Crippen LogP) is 3.34. The number of fused-ring (bicyclic) bond motifs is 1. The highest BCUT2D eigenvalue weighted by Gasteiger charge is 2.16. The second-order valence-corrected chi connectivity index (χ2v) is 6.27. The number of carbonyl (C=O) groups is 3. The SMILES string of the molecule is CCOC(=O)c1ccccc1NC(=O)COC(=O)Cc1coc2cc(OC)ccc12. The van der Waals surface area contributed by atoms with Crippen LogP contribution in [-0.2, 0) is 25.5 Å². The first kappa shape index (κ1) is 20.9.